The zero-order valence-corrected chi connectivity index (χ0v) is 12.6. The highest BCUT2D eigenvalue weighted by molar-refractivity contribution is 5.92. The average molecular weight is 313 g/mol. The van der Waals surface area contributed by atoms with Crippen molar-refractivity contribution in [2.75, 3.05) is 5.32 Å². The number of benzene rings is 1. The summed E-state index contributed by atoms with van der Waals surface area (Å²) in [5, 5.41) is 17.2. The minimum Gasteiger partial charge on any atom is -0.293 e. The fraction of sp³-hybridized carbons (Fsp3) is 0.286. The van der Waals surface area contributed by atoms with Crippen LogP contribution in [0.25, 0.3) is 10.9 Å². The number of aromatic nitrogens is 6. The van der Waals surface area contributed by atoms with Crippen LogP contribution in [0, 0.1) is 5.92 Å². The van der Waals surface area contributed by atoms with Crippen molar-refractivity contribution in [1.29, 1.82) is 0 Å². The summed E-state index contributed by atoms with van der Waals surface area (Å²) in [6, 6.07) is 6.07. The molecule has 0 spiro atoms. The van der Waals surface area contributed by atoms with Crippen LogP contribution in [0.4, 0.5) is 5.95 Å². The summed E-state index contributed by atoms with van der Waals surface area (Å²) in [6.07, 6.45) is 1.28. The Morgan fingerprint density at radius 2 is 2.09 bits per heavy atom. The van der Waals surface area contributed by atoms with Gasteiger partial charge in [-0.2, -0.15) is 14.8 Å². The van der Waals surface area contributed by atoms with Gasteiger partial charge >= 0.3 is 0 Å². The first-order valence-corrected chi connectivity index (χ1v) is 7.08. The Balaban J connectivity index is 2.03. The van der Waals surface area contributed by atoms with Crippen molar-refractivity contribution in [1.82, 2.24) is 30.2 Å². The minimum atomic E-state index is -0.815. The molecule has 2 aromatic heterocycles. The number of anilines is 1. The molecule has 0 fully saturated rings. The highest BCUT2D eigenvalue weighted by Gasteiger charge is 2.28. The number of H-pyrrole nitrogens is 1. The number of hydrogen-bond donors (Lipinski definition) is 2. The van der Waals surface area contributed by atoms with E-state index in [1.165, 1.54) is 6.33 Å². The van der Waals surface area contributed by atoms with E-state index >= 15 is 0 Å². The molecule has 23 heavy (non-hydrogen) atoms. The Morgan fingerprint density at radius 3 is 2.78 bits per heavy atom. The highest BCUT2D eigenvalue weighted by atomic mass is 16.2. The molecule has 9 heteroatoms. The average Bonchev–Trinajstić information content (AvgIpc) is 3.02. The molecule has 0 saturated carbocycles. The van der Waals surface area contributed by atoms with Gasteiger partial charge in [-0.25, -0.2) is 5.10 Å². The third kappa shape index (κ3) is 2.80. The Labute approximate surface area is 130 Å². The van der Waals surface area contributed by atoms with Gasteiger partial charge in [0, 0.05) is 0 Å². The summed E-state index contributed by atoms with van der Waals surface area (Å²) < 4.78 is 1.11. The van der Waals surface area contributed by atoms with Crippen molar-refractivity contribution in [2.45, 2.75) is 19.9 Å². The molecule has 9 nitrogen and oxygen atoms in total. The van der Waals surface area contributed by atoms with Crippen LogP contribution in [0.2, 0.25) is 0 Å². The second-order valence-electron chi connectivity index (χ2n) is 5.37. The Kier molecular flexibility index (Phi) is 3.83. The van der Waals surface area contributed by atoms with Gasteiger partial charge < -0.3 is 0 Å². The van der Waals surface area contributed by atoms with E-state index in [1.807, 2.05) is 13.8 Å². The van der Waals surface area contributed by atoms with Crippen LogP contribution in [-0.2, 0) is 4.79 Å². The van der Waals surface area contributed by atoms with Crippen molar-refractivity contribution >= 4 is 22.8 Å². The van der Waals surface area contributed by atoms with Crippen molar-refractivity contribution < 1.29 is 4.79 Å². The lowest BCUT2D eigenvalue weighted by Crippen LogP contribution is -2.38. The number of fused-ring (bicyclic) bond motifs is 1. The number of aromatic amines is 1. The summed E-state index contributed by atoms with van der Waals surface area (Å²) in [6.45, 7) is 3.65. The normalized spacial score (nSPS) is 12.5. The van der Waals surface area contributed by atoms with Crippen molar-refractivity contribution in [2.24, 2.45) is 5.92 Å². The molecule has 118 valence electrons. The molecule has 1 amide bonds. The molecule has 1 aromatic carbocycles. The second kappa shape index (κ2) is 5.95. The number of amides is 1. The van der Waals surface area contributed by atoms with Crippen LogP contribution in [0.15, 0.2) is 35.4 Å². The molecule has 3 rings (SSSR count). The molecule has 0 saturated heterocycles. The number of nitrogens with zero attached hydrogens (tertiary/aromatic N) is 5. The van der Waals surface area contributed by atoms with E-state index in [4.69, 9.17) is 0 Å². The maximum Gasteiger partial charge on any atom is 0.278 e. The third-order valence-electron chi connectivity index (χ3n) is 3.41. The van der Waals surface area contributed by atoms with E-state index < -0.39 is 11.9 Å². The van der Waals surface area contributed by atoms with E-state index in [2.05, 4.69) is 30.8 Å². The summed E-state index contributed by atoms with van der Waals surface area (Å²) >= 11 is 0. The molecule has 0 radical (unpaired) electrons. The summed E-state index contributed by atoms with van der Waals surface area (Å²) in [4.78, 5) is 29.0. The summed E-state index contributed by atoms with van der Waals surface area (Å²) in [7, 11) is 0. The third-order valence-corrected chi connectivity index (χ3v) is 3.41. The summed E-state index contributed by atoms with van der Waals surface area (Å²) in [5.74, 6) is -0.378. The Hall–Kier alpha value is -3.10. The molecule has 0 unspecified atom stereocenters. The van der Waals surface area contributed by atoms with E-state index in [0.717, 1.165) is 4.68 Å². The topological polar surface area (TPSA) is 118 Å². The van der Waals surface area contributed by atoms with Crippen LogP contribution < -0.4 is 10.9 Å². The van der Waals surface area contributed by atoms with Crippen LogP contribution >= 0.6 is 0 Å². The first kappa shape index (κ1) is 14.8. The predicted octanol–water partition coefficient (Wildman–Crippen LogP) is 0.745. The monoisotopic (exact) mass is 313 g/mol. The van der Waals surface area contributed by atoms with Gasteiger partial charge in [-0.1, -0.05) is 31.2 Å². The van der Waals surface area contributed by atoms with Gasteiger partial charge in [-0.3, -0.25) is 14.9 Å². The van der Waals surface area contributed by atoms with Gasteiger partial charge in [0.25, 0.3) is 11.5 Å². The molecular formula is C14H15N7O2. The van der Waals surface area contributed by atoms with Crippen molar-refractivity contribution in [3.63, 3.8) is 0 Å². The van der Waals surface area contributed by atoms with E-state index in [9.17, 15) is 9.59 Å². The number of nitrogens with one attached hydrogen (secondary N) is 2. The highest BCUT2D eigenvalue weighted by Crippen LogP contribution is 2.17. The molecule has 2 heterocycles. The first-order chi connectivity index (χ1) is 11.1. The lowest BCUT2D eigenvalue weighted by molar-refractivity contribution is -0.120. The van der Waals surface area contributed by atoms with Crippen molar-refractivity contribution in [3.8, 4) is 0 Å². The molecule has 0 aliphatic heterocycles. The van der Waals surface area contributed by atoms with Gasteiger partial charge in [0.2, 0.25) is 5.95 Å². The largest absolute Gasteiger partial charge is 0.293 e. The maximum atomic E-state index is 12.6. The zero-order valence-electron chi connectivity index (χ0n) is 12.6. The predicted molar refractivity (Wildman–Crippen MR) is 82.7 cm³/mol. The van der Waals surface area contributed by atoms with Crippen LogP contribution in [0.3, 0.4) is 0 Å². The molecule has 1 atom stereocenters. The van der Waals surface area contributed by atoms with Crippen LogP contribution in [0.1, 0.15) is 19.9 Å². The van der Waals surface area contributed by atoms with Crippen LogP contribution in [-0.4, -0.2) is 36.1 Å². The zero-order chi connectivity index (χ0) is 16.4. The lowest BCUT2D eigenvalue weighted by Gasteiger charge is -2.20. The number of rotatable bonds is 4. The van der Waals surface area contributed by atoms with Gasteiger partial charge in [0.05, 0.1) is 5.39 Å². The SMILES string of the molecule is CC(C)[C@@H](C(=O)Nc1ncn[nH]1)n1nnc2ccccc2c1=O. The molecule has 0 aliphatic carbocycles. The smallest absolute Gasteiger partial charge is 0.278 e. The molecule has 0 aliphatic rings. The summed E-state index contributed by atoms with van der Waals surface area (Å²) in [5.41, 5.74) is 0.133. The van der Waals surface area contributed by atoms with Gasteiger partial charge in [0.1, 0.15) is 17.9 Å². The quantitative estimate of drug-likeness (QED) is 0.733. The fourth-order valence-electron chi connectivity index (χ4n) is 2.34. The molecule has 2 N–H and O–H groups in total. The van der Waals surface area contributed by atoms with Crippen LogP contribution in [0.5, 0.6) is 0 Å². The second-order valence-corrected chi connectivity index (χ2v) is 5.37. The van der Waals surface area contributed by atoms with Gasteiger partial charge in [-0.05, 0) is 18.1 Å². The van der Waals surface area contributed by atoms with Gasteiger partial charge in [0.15, 0.2) is 0 Å². The first-order valence-electron chi connectivity index (χ1n) is 7.08. The van der Waals surface area contributed by atoms with E-state index in [0.29, 0.717) is 10.9 Å². The standard InChI is InChI=1S/C14H15N7O2/c1-8(2)11(12(22)17-14-15-7-16-19-14)21-13(23)9-5-3-4-6-10(9)18-20-21/h3-8,11H,1-2H3,(H2,15,16,17,19,22)/t11-/m0/s1. The molecular weight excluding hydrogens is 298 g/mol. The fourth-order valence-corrected chi connectivity index (χ4v) is 2.34. The maximum absolute atomic E-state index is 12.6. The number of hydrogen-bond acceptors (Lipinski definition) is 6. The van der Waals surface area contributed by atoms with Crippen molar-refractivity contribution in [3.05, 3.63) is 40.9 Å². The van der Waals surface area contributed by atoms with E-state index in [1.54, 1.807) is 24.3 Å². The minimum absolute atomic E-state index is 0.175. The Morgan fingerprint density at radius 1 is 1.30 bits per heavy atom. The Bertz CT molecular complexity index is 886. The molecule has 3 aromatic rings. The molecule has 0 bridgehead atoms. The van der Waals surface area contributed by atoms with Gasteiger partial charge in [-0.15, -0.1) is 5.10 Å². The number of carbonyl (C=O) groups excluding carboxylic acids is 1. The lowest BCUT2D eigenvalue weighted by atomic mass is 10.0. The number of carbonyl (C=O) groups is 1. The van der Waals surface area contributed by atoms with E-state index in [-0.39, 0.29) is 17.4 Å².